The molecule has 0 aliphatic carbocycles. The number of primary sulfonamides is 1. The number of halogens is 2. The zero-order valence-corrected chi connectivity index (χ0v) is 13.6. The summed E-state index contributed by atoms with van der Waals surface area (Å²) in [6.07, 6.45) is 0.719. The summed E-state index contributed by atoms with van der Waals surface area (Å²) in [5.74, 6) is -1.67. The summed E-state index contributed by atoms with van der Waals surface area (Å²) in [5, 5.41) is 4.95. The molecular weight excluding hydrogens is 351 g/mol. The highest BCUT2D eigenvalue weighted by molar-refractivity contribution is 9.10. The first-order valence-electron chi connectivity index (χ1n) is 6.03. The highest BCUT2D eigenvalue weighted by Gasteiger charge is 2.24. The maximum absolute atomic E-state index is 14.2. The van der Waals surface area contributed by atoms with Crippen LogP contribution in [0, 0.1) is 5.82 Å². The number of carbonyl (C=O) groups is 1. The van der Waals surface area contributed by atoms with Crippen LogP contribution in [0.15, 0.2) is 21.5 Å². The highest BCUT2D eigenvalue weighted by atomic mass is 79.9. The Kier molecular flexibility index (Phi) is 5.67. The van der Waals surface area contributed by atoms with Gasteiger partial charge in [0.25, 0.3) is 5.91 Å². The summed E-state index contributed by atoms with van der Waals surface area (Å²) in [4.78, 5) is 13.0. The first-order valence-corrected chi connectivity index (χ1v) is 8.37. The number of rotatable bonds is 5. The third kappa shape index (κ3) is 3.77. The summed E-state index contributed by atoms with van der Waals surface area (Å²) in [5.41, 5.74) is -0.307. The summed E-state index contributed by atoms with van der Waals surface area (Å²) in [6, 6.07) is 2.29. The molecule has 0 aliphatic rings. The fourth-order valence-corrected chi connectivity index (χ4v) is 3.03. The Morgan fingerprint density at radius 3 is 2.45 bits per heavy atom. The van der Waals surface area contributed by atoms with Crippen LogP contribution >= 0.6 is 15.9 Å². The van der Waals surface area contributed by atoms with E-state index in [2.05, 4.69) is 15.9 Å². The van der Waals surface area contributed by atoms with Gasteiger partial charge in [0.2, 0.25) is 10.0 Å². The largest absolute Gasteiger partial charge is 0.339 e. The molecule has 0 fully saturated rings. The van der Waals surface area contributed by atoms with Gasteiger partial charge in [-0.15, -0.1) is 0 Å². The van der Waals surface area contributed by atoms with E-state index in [9.17, 15) is 17.6 Å². The summed E-state index contributed by atoms with van der Waals surface area (Å²) >= 11 is 3.06. The van der Waals surface area contributed by atoms with E-state index < -0.39 is 26.6 Å². The Balaban J connectivity index is 3.39. The monoisotopic (exact) mass is 366 g/mol. The fraction of sp³-hybridized carbons (Fsp3) is 0.417. The number of sulfonamides is 1. The van der Waals surface area contributed by atoms with Gasteiger partial charge in [-0.3, -0.25) is 4.79 Å². The predicted octanol–water partition coefficient (Wildman–Crippen LogP) is 2.11. The third-order valence-electron chi connectivity index (χ3n) is 2.70. The second-order valence-electron chi connectivity index (χ2n) is 4.20. The van der Waals surface area contributed by atoms with Crippen molar-refractivity contribution < 1.29 is 17.6 Å². The van der Waals surface area contributed by atoms with Crippen molar-refractivity contribution in [2.75, 3.05) is 13.1 Å². The van der Waals surface area contributed by atoms with Crippen LogP contribution in [-0.2, 0) is 10.0 Å². The molecule has 0 aliphatic heterocycles. The lowest BCUT2D eigenvalue weighted by molar-refractivity contribution is 0.0759. The minimum absolute atomic E-state index is 0.277. The van der Waals surface area contributed by atoms with E-state index in [-0.39, 0.29) is 10.0 Å². The number of nitrogens with two attached hydrogens (primary N) is 1. The van der Waals surface area contributed by atoms with Crippen LogP contribution in [-0.4, -0.2) is 32.3 Å². The summed E-state index contributed by atoms with van der Waals surface area (Å²) in [7, 11) is -4.23. The Labute approximate surface area is 126 Å². The Morgan fingerprint density at radius 1 is 1.40 bits per heavy atom. The van der Waals surface area contributed by atoms with Crippen molar-refractivity contribution in [2.45, 2.75) is 25.2 Å². The Hall–Kier alpha value is -0.990. The molecule has 0 spiro atoms. The van der Waals surface area contributed by atoms with Crippen LogP contribution in [0.4, 0.5) is 4.39 Å². The van der Waals surface area contributed by atoms with Crippen LogP contribution in [0.1, 0.15) is 30.6 Å². The minimum Gasteiger partial charge on any atom is -0.339 e. The lowest BCUT2D eigenvalue weighted by atomic mass is 10.2. The van der Waals surface area contributed by atoms with E-state index in [1.54, 1.807) is 6.92 Å². The molecule has 0 saturated heterocycles. The first kappa shape index (κ1) is 17.1. The molecule has 0 heterocycles. The van der Waals surface area contributed by atoms with E-state index in [1.165, 1.54) is 11.0 Å². The smallest absolute Gasteiger partial charge is 0.256 e. The zero-order chi connectivity index (χ0) is 15.5. The van der Waals surface area contributed by atoms with Gasteiger partial charge in [0, 0.05) is 17.6 Å². The van der Waals surface area contributed by atoms with Crippen LogP contribution in [0.2, 0.25) is 0 Å². The van der Waals surface area contributed by atoms with Crippen molar-refractivity contribution in [3.63, 3.8) is 0 Å². The van der Waals surface area contributed by atoms with Gasteiger partial charge in [0.05, 0.1) is 5.56 Å². The molecule has 0 unspecified atom stereocenters. The molecule has 0 aromatic heterocycles. The van der Waals surface area contributed by atoms with Gasteiger partial charge in [-0.1, -0.05) is 22.9 Å². The molecule has 112 valence electrons. The molecule has 0 atom stereocenters. The Morgan fingerprint density at radius 2 is 2.00 bits per heavy atom. The Bertz CT molecular complexity index is 619. The molecular formula is C12H16BrFN2O3S. The number of carbonyl (C=O) groups excluding carboxylic acids is 1. The third-order valence-corrected chi connectivity index (χ3v) is 4.07. The van der Waals surface area contributed by atoms with E-state index in [0.29, 0.717) is 13.1 Å². The van der Waals surface area contributed by atoms with Crippen molar-refractivity contribution in [3.8, 4) is 0 Å². The van der Waals surface area contributed by atoms with Crippen molar-refractivity contribution in [2.24, 2.45) is 5.14 Å². The lowest BCUT2D eigenvalue weighted by Gasteiger charge is -2.21. The molecule has 20 heavy (non-hydrogen) atoms. The molecule has 0 radical (unpaired) electrons. The predicted molar refractivity (Wildman–Crippen MR) is 77.3 cm³/mol. The molecule has 5 nitrogen and oxygen atoms in total. The number of hydrogen-bond acceptors (Lipinski definition) is 3. The SMILES string of the molecule is CCCN(CC)C(=O)c1cc(Br)cc(S(N)(=O)=O)c1F. The molecule has 0 saturated carbocycles. The first-order chi connectivity index (χ1) is 9.22. The lowest BCUT2D eigenvalue weighted by Crippen LogP contribution is -2.32. The second kappa shape index (κ2) is 6.64. The maximum atomic E-state index is 14.2. The molecule has 1 aromatic carbocycles. The molecule has 1 aromatic rings. The van der Waals surface area contributed by atoms with Gasteiger partial charge in [-0.05, 0) is 25.5 Å². The number of benzene rings is 1. The molecule has 0 bridgehead atoms. The van der Waals surface area contributed by atoms with Gasteiger partial charge in [0.15, 0.2) is 5.82 Å². The van der Waals surface area contributed by atoms with E-state index in [1.807, 2.05) is 6.92 Å². The summed E-state index contributed by atoms with van der Waals surface area (Å²) in [6.45, 7) is 4.53. The topological polar surface area (TPSA) is 80.5 Å². The second-order valence-corrected chi connectivity index (χ2v) is 6.64. The van der Waals surface area contributed by atoms with Crippen LogP contribution in [0.3, 0.4) is 0 Å². The zero-order valence-electron chi connectivity index (χ0n) is 11.2. The van der Waals surface area contributed by atoms with Gasteiger partial charge in [-0.25, -0.2) is 17.9 Å². The normalized spacial score (nSPS) is 11.4. The molecule has 1 amide bonds. The van der Waals surface area contributed by atoms with Crippen LogP contribution < -0.4 is 5.14 Å². The van der Waals surface area contributed by atoms with Crippen LogP contribution in [0.5, 0.6) is 0 Å². The summed E-state index contributed by atoms with van der Waals surface area (Å²) < 4.78 is 37.2. The van der Waals surface area contributed by atoms with E-state index in [0.717, 1.165) is 12.5 Å². The molecule has 2 N–H and O–H groups in total. The van der Waals surface area contributed by atoms with Gasteiger partial charge < -0.3 is 4.90 Å². The number of nitrogens with zero attached hydrogens (tertiary/aromatic N) is 1. The average Bonchev–Trinajstić information content (AvgIpc) is 2.36. The quantitative estimate of drug-likeness (QED) is 0.866. The van der Waals surface area contributed by atoms with Crippen molar-refractivity contribution in [1.29, 1.82) is 0 Å². The molecule has 1 rings (SSSR count). The van der Waals surface area contributed by atoms with Crippen molar-refractivity contribution >= 4 is 31.9 Å². The molecule has 8 heteroatoms. The van der Waals surface area contributed by atoms with Gasteiger partial charge in [-0.2, -0.15) is 0 Å². The minimum atomic E-state index is -4.23. The standard InChI is InChI=1S/C12H16BrFN2O3S/c1-3-5-16(4-2)12(17)9-6-8(13)7-10(11(9)14)20(15,18)19/h6-7H,3-5H2,1-2H3,(H2,15,18,19). The maximum Gasteiger partial charge on any atom is 0.256 e. The highest BCUT2D eigenvalue weighted by Crippen LogP contribution is 2.24. The number of amides is 1. The van der Waals surface area contributed by atoms with Crippen molar-refractivity contribution in [1.82, 2.24) is 4.90 Å². The van der Waals surface area contributed by atoms with Crippen molar-refractivity contribution in [3.05, 3.63) is 28.0 Å². The van der Waals surface area contributed by atoms with Gasteiger partial charge >= 0.3 is 0 Å². The fourth-order valence-electron chi connectivity index (χ4n) is 1.77. The van der Waals surface area contributed by atoms with E-state index >= 15 is 0 Å². The van der Waals surface area contributed by atoms with E-state index in [4.69, 9.17) is 5.14 Å². The average molecular weight is 367 g/mol. The number of hydrogen-bond donors (Lipinski definition) is 1. The van der Waals surface area contributed by atoms with Gasteiger partial charge in [0.1, 0.15) is 4.90 Å². The van der Waals surface area contributed by atoms with Crippen LogP contribution in [0.25, 0.3) is 0 Å².